The third-order valence-corrected chi connectivity index (χ3v) is 8.55. The van der Waals surface area contributed by atoms with Crippen LogP contribution >= 0.6 is 0 Å². The summed E-state index contributed by atoms with van der Waals surface area (Å²) in [6.45, 7) is 1.04. The van der Waals surface area contributed by atoms with Crippen molar-refractivity contribution in [3.63, 3.8) is 0 Å². The van der Waals surface area contributed by atoms with Gasteiger partial charge in [-0.25, -0.2) is 12.7 Å². The monoisotopic (exact) mass is 462 g/mol. The highest BCUT2D eigenvalue weighted by Crippen LogP contribution is 2.21. The highest BCUT2D eigenvalue weighted by Gasteiger charge is 2.33. The quantitative estimate of drug-likeness (QED) is 0.515. The second kappa shape index (κ2) is 10.1. The molecular formula is C18H30N4O6S2. The second-order valence-electron chi connectivity index (χ2n) is 7.39. The van der Waals surface area contributed by atoms with Gasteiger partial charge in [-0.2, -0.15) is 17.0 Å². The summed E-state index contributed by atoms with van der Waals surface area (Å²) < 4.78 is 57.8. The highest BCUT2D eigenvalue weighted by atomic mass is 32.2. The van der Waals surface area contributed by atoms with E-state index < -0.39 is 26.2 Å². The minimum atomic E-state index is -3.53. The van der Waals surface area contributed by atoms with Crippen molar-refractivity contribution in [2.45, 2.75) is 17.7 Å². The Morgan fingerprint density at radius 1 is 1.10 bits per heavy atom. The molecule has 30 heavy (non-hydrogen) atoms. The predicted octanol–water partition coefficient (Wildman–Crippen LogP) is -0.0497. The van der Waals surface area contributed by atoms with Crippen LogP contribution in [-0.4, -0.2) is 90.1 Å². The molecule has 1 heterocycles. The van der Waals surface area contributed by atoms with E-state index in [1.807, 2.05) is 0 Å². The van der Waals surface area contributed by atoms with Gasteiger partial charge in [0, 0.05) is 41.3 Å². The largest absolute Gasteiger partial charge is 0.492 e. The van der Waals surface area contributed by atoms with Crippen molar-refractivity contribution in [2.24, 2.45) is 5.92 Å². The lowest BCUT2D eigenvalue weighted by atomic mass is 9.99. The Kier molecular flexibility index (Phi) is 8.22. The van der Waals surface area contributed by atoms with E-state index in [2.05, 4.69) is 5.32 Å². The molecule has 10 nitrogen and oxygen atoms in total. The molecule has 170 valence electrons. The van der Waals surface area contributed by atoms with Crippen LogP contribution in [0.25, 0.3) is 0 Å². The van der Waals surface area contributed by atoms with Gasteiger partial charge in [0.25, 0.3) is 10.2 Å². The molecule has 0 spiro atoms. The van der Waals surface area contributed by atoms with Crippen LogP contribution in [0, 0.1) is 5.92 Å². The number of benzene rings is 1. The van der Waals surface area contributed by atoms with Gasteiger partial charge in [0.1, 0.15) is 12.4 Å². The Morgan fingerprint density at radius 3 is 2.30 bits per heavy atom. The molecule has 0 bridgehead atoms. The zero-order valence-corrected chi connectivity index (χ0v) is 19.4. The molecule has 1 N–H and O–H groups in total. The first-order valence-corrected chi connectivity index (χ1v) is 12.4. The van der Waals surface area contributed by atoms with Crippen molar-refractivity contribution in [3.05, 3.63) is 24.3 Å². The zero-order chi connectivity index (χ0) is 22.5. The summed E-state index contributed by atoms with van der Waals surface area (Å²) in [7, 11) is -1.16. The van der Waals surface area contributed by atoms with Crippen molar-refractivity contribution >= 4 is 26.1 Å². The number of hydrogen-bond acceptors (Lipinski definition) is 6. The molecule has 1 atom stereocenters. The van der Waals surface area contributed by atoms with Gasteiger partial charge in [0.2, 0.25) is 15.9 Å². The van der Waals surface area contributed by atoms with Crippen LogP contribution in [0.4, 0.5) is 0 Å². The molecule has 1 aromatic rings. The first-order chi connectivity index (χ1) is 14.0. The van der Waals surface area contributed by atoms with Crippen LogP contribution < -0.4 is 10.1 Å². The molecule has 1 aliphatic heterocycles. The summed E-state index contributed by atoms with van der Waals surface area (Å²) in [5, 5.41) is 2.77. The molecule has 1 aliphatic rings. The highest BCUT2D eigenvalue weighted by molar-refractivity contribution is 7.89. The Labute approximate surface area is 179 Å². The molecule has 0 radical (unpaired) electrons. The third-order valence-electron chi connectivity index (χ3n) is 4.81. The summed E-state index contributed by atoms with van der Waals surface area (Å²) in [4.78, 5) is 12.6. The first kappa shape index (κ1) is 24.5. The molecule has 0 aliphatic carbocycles. The minimum Gasteiger partial charge on any atom is -0.492 e. The van der Waals surface area contributed by atoms with Gasteiger partial charge in [-0.1, -0.05) is 0 Å². The average Bonchev–Trinajstić information content (AvgIpc) is 2.71. The van der Waals surface area contributed by atoms with Crippen LogP contribution in [0.5, 0.6) is 5.75 Å². The van der Waals surface area contributed by atoms with Crippen LogP contribution in [0.15, 0.2) is 29.2 Å². The van der Waals surface area contributed by atoms with Crippen molar-refractivity contribution in [1.82, 2.24) is 18.2 Å². The fraction of sp³-hybridized carbons (Fsp3) is 0.611. The normalized spacial score (nSPS) is 18.5. The maximum atomic E-state index is 12.4. The van der Waals surface area contributed by atoms with E-state index in [1.54, 1.807) is 12.1 Å². The maximum Gasteiger partial charge on any atom is 0.281 e. The van der Waals surface area contributed by atoms with Crippen molar-refractivity contribution in [2.75, 3.05) is 54.4 Å². The maximum absolute atomic E-state index is 12.4. The standard InChI is InChI=1S/C18H30N4O6S2/c1-20(2)29(24,25)17-9-7-16(8-10-17)28-13-11-19-18(23)15-6-5-12-22(14-15)30(26,27)21(3)4/h7-10,15H,5-6,11-14H2,1-4H3,(H,19,23)/t15-/m0/s1. The minimum absolute atomic E-state index is 0.162. The van der Waals surface area contributed by atoms with Gasteiger partial charge in [0.15, 0.2) is 0 Å². The summed E-state index contributed by atoms with van der Waals surface area (Å²) in [6, 6.07) is 6.04. The lowest BCUT2D eigenvalue weighted by Crippen LogP contribution is -2.49. The number of piperidine rings is 1. The Morgan fingerprint density at radius 2 is 1.73 bits per heavy atom. The molecule has 1 aromatic carbocycles. The number of carbonyl (C=O) groups is 1. The van der Waals surface area contributed by atoms with Gasteiger partial charge < -0.3 is 10.1 Å². The van der Waals surface area contributed by atoms with Crippen LogP contribution in [0.2, 0.25) is 0 Å². The number of rotatable bonds is 9. The zero-order valence-electron chi connectivity index (χ0n) is 17.7. The van der Waals surface area contributed by atoms with E-state index in [0.29, 0.717) is 25.1 Å². The number of amides is 1. The number of sulfonamides is 1. The van der Waals surface area contributed by atoms with Crippen molar-refractivity contribution < 1.29 is 26.4 Å². The molecule has 12 heteroatoms. The average molecular weight is 463 g/mol. The molecule has 0 saturated carbocycles. The van der Waals surface area contributed by atoms with Gasteiger partial charge in [-0.05, 0) is 37.1 Å². The van der Waals surface area contributed by atoms with Gasteiger partial charge >= 0.3 is 0 Å². The summed E-state index contributed by atoms with van der Waals surface area (Å²) in [5.74, 6) is -0.114. The van der Waals surface area contributed by atoms with Gasteiger partial charge in [-0.3, -0.25) is 4.79 Å². The molecule has 0 aromatic heterocycles. The summed E-state index contributed by atoms with van der Waals surface area (Å²) in [6.07, 6.45) is 1.26. The Balaban J connectivity index is 1.81. The number of hydrogen-bond donors (Lipinski definition) is 1. The number of nitrogens with one attached hydrogen (secondary N) is 1. The van der Waals surface area contributed by atoms with Gasteiger partial charge in [-0.15, -0.1) is 0 Å². The Bertz CT molecular complexity index is 930. The van der Waals surface area contributed by atoms with E-state index >= 15 is 0 Å². The van der Waals surface area contributed by atoms with Crippen LogP contribution in [-0.2, 0) is 25.0 Å². The van der Waals surface area contributed by atoms with Gasteiger partial charge in [0.05, 0.1) is 17.4 Å². The van der Waals surface area contributed by atoms with Crippen LogP contribution in [0.3, 0.4) is 0 Å². The molecule has 0 unspecified atom stereocenters. The smallest absolute Gasteiger partial charge is 0.281 e. The van der Waals surface area contributed by atoms with Crippen LogP contribution in [0.1, 0.15) is 12.8 Å². The van der Waals surface area contributed by atoms with E-state index in [1.165, 1.54) is 44.6 Å². The molecule has 2 rings (SSSR count). The molecule has 1 fully saturated rings. The fourth-order valence-corrected chi connectivity index (χ4v) is 5.09. The van der Waals surface area contributed by atoms with E-state index in [-0.39, 0.29) is 30.5 Å². The second-order valence-corrected chi connectivity index (χ2v) is 11.7. The van der Waals surface area contributed by atoms with Crippen molar-refractivity contribution in [1.29, 1.82) is 0 Å². The van der Waals surface area contributed by atoms with E-state index in [0.717, 1.165) is 8.61 Å². The Hall–Kier alpha value is -1.73. The fourth-order valence-electron chi connectivity index (χ4n) is 3.00. The predicted molar refractivity (Wildman–Crippen MR) is 113 cm³/mol. The third kappa shape index (κ3) is 5.91. The lowest BCUT2D eigenvalue weighted by molar-refractivity contribution is -0.126. The number of ether oxygens (including phenoxy) is 1. The number of nitrogens with zero attached hydrogens (tertiary/aromatic N) is 3. The van der Waals surface area contributed by atoms with Crippen molar-refractivity contribution in [3.8, 4) is 5.75 Å². The molecular weight excluding hydrogens is 432 g/mol. The van der Waals surface area contributed by atoms with E-state index in [4.69, 9.17) is 4.74 Å². The lowest BCUT2D eigenvalue weighted by Gasteiger charge is -2.32. The van der Waals surface area contributed by atoms with E-state index in [9.17, 15) is 21.6 Å². The number of carbonyl (C=O) groups excluding carboxylic acids is 1. The molecule has 1 saturated heterocycles. The topological polar surface area (TPSA) is 116 Å². The first-order valence-electron chi connectivity index (χ1n) is 9.57. The summed E-state index contributed by atoms with van der Waals surface area (Å²) in [5.41, 5.74) is 0. The summed E-state index contributed by atoms with van der Waals surface area (Å²) >= 11 is 0. The SMILES string of the molecule is CN(C)S(=O)(=O)c1ccc(OCCNC(=O)[C@H]2CCCN(S(=O)(=O)N(C)C)C2)cc1. The molecule has 1 amide bonds.